The fraction of sp³-hybridized carbons (Fsp3) is 0.455. The molecule has 0 fully saturated rings. The topological polar surface area (TPSA) is 0 Å². The Hall–Kier alpha value is -0.240. The van der Waals surface area contributed by atoms with Crippen molar-refractivity contribution >= 4 is 23.2 Å². The molecule has 14 heavy (non-hydrogen) atoms. The summed E-state index contributed by atoms with van der Waals surface area (Å²) >= 11 is 11.8. The lowest BCUT2D eigenvalue weighted by Crippen LogP contribution is -2.38. The molecule has 0 aliphatic carbocycles. The van der Waals surface area contributed by atoms with Crippen LogP contribution in [0.4, 0.5) is 0 Å². The molecule has 0 unspecified atom stereocenters. The predicted molar refractivity (Wildman–Crippen MR) is 62.8 cm³/mol. The van der Waals surface area contributed by atoms with Crippen LogP contribution < -0.4 is 0 Å². The quantitative estimate of drug-likeness (QED) is 0.700. The highest BCUT2D eigenvalue weighted by Crippen LogP contribution is 2.23. The standard InChI is InChI=1S/C11H16Cl2N/c1-4-14(2,3)8-9-5-6-10(12)11(13)7-9/h5-7H,4,8H2,1-3H3/q+1. The van der Waals surface area contributed by atoms with Gasteiger partial charge in [0, 0.05) is 5.56 Å². The van der Waals surface area contributed by atoms with Crippen molar-refractivity contribution in [2.75, 3.05) is 20.6 Å². The lowest BCUT2D eigenvalue weighted by Gasteiger charge is -2.28. The second-order valence-corrected chi connectivity index (χ2v) is 4.97. The number of benzene rings is 1. The first-order valence-electron chi connectivity index (χ1n) is 4.70. The van der Waals surface area contributed by atoms with E-state index >= 15 is 0 Å². The lowest BCUT2D eigenvalue weighted by atomic mass is 10.2. The van der Waals surface area contributed by atoms with Crippen LogP contribution in [-0.4, -0.2) is 25.1 Å². The van der Waals surface area contributed by atoms with Gasteiger partial charge in [-0.15, -0.1) is 0 Å². The summed E-state index contributed by atoms with van der Waals surface area (Å²) in [6.07, 6.45) is 0. The highest BCUT2D eigenvalue weighted by molar-refractivity contribution is 6.41. The van der Waals surface area contributed by atoms with Crippen LogP contribution in [0, 0.1) is 0 Å². The molecule has 0 radical (unpaired) electrons. The zero-order chi connectivity index (χ0) is 10.8. The van der Waals surface area contributed by atoms with Gasteiger partial charge in [-0.1, -0.05) is 29.3 Å². The number of quaternary nitrogens is 1. The summed E-state index contributed by atoms with van der Waals surface area (Å²) in [6, 6.07) is 5.83. The SMILES string of the molecule is CC[N+](C)(C)Cc1ccc(Cl)c(Cl)c1. The van der Waals surface area contributed by atoms with E-state index in [0.717, 1.165) is 17.6 Å². The van der Waals surface area contributed by atoms with Crippen molar-refractivity contribution in [3.8, 4) is 0 Å². The molecule has 1 aromatic carbocycles. The molecule has 0 spiro atoms. The van der Waals surface area contributed by atoms with E-state index in [-0.39, 0.29) is 0 Å². The van der Waals surface area contributed by atoms with E-state index < -0.39 is 0 Å². The Labute approximate surface area is 95.8 Å². The van der Waals surface area contributed by atoms with Crippen molar-refractivity contribution in [2.24, 2.45) is 0 Å². The predicted octanol–water partition coefficient (Wildman–Crippen LogP) is 3.59. The molecule has 0 heterocycles. The van der Waals surface area contributed by atoms with Gasteiger partial charge in [-0.05, 0) is 19.1 Å². The molecule has 0 amide bonds. The Morgan fingerprint density at radius 1 is 1.14 bits per heavy atom. The molecular weight excluding hydrogens is 217 g/mol. The Balaban J connectivity index is 2.83. The third kappa shape index (κ3) is 3.16. The third-order valence-corrected chi connectivity index (χ3v) is 3.19. The highest BCUT2D eigenvalue weighted by Gasteiger charge is 2.13. The number of hydrogen-bond acceptors (Lipinski definition) is 0. The Kier molecular flexibility index (Phi) is 3.82. The number of hydrogen-bond donors (Lipinski definition) is 0. The van der Waals surface area contributed by atoms with E-state index in [4.69, 9.17) is 23.2 Å². The van der Waals surface area contributed by atoms with Crippen LogP contribution in [0.15, 0.2) is 18.2 Å². The van der Waals surface area contributed by atoms with Crippen molar-refractivity contribution in [3.05, 3.63) is 33.8 Å². The molecular formula is C11H16Cl2N+. The summed E-state index contributed by atoms with van der Waals surface area (Å²) in [5.41, 5.74) is 1.23. The molecule has 0 saturated heterocycles. The van der Waals surface area contributed by atoms with Gasteiger partial charge in [-0.3, -0.25) is 0 Å². The van der Waals surface area contributed by atoms with Crippen LogP contribution >= 0.6 is 23.2 Å². The molecule has 1 rings (SSSR count). The molecule has 1 aromatic rings. The maximum absolute atomic E-state index is 5.95. The summed E-state index contributed by atoms with van der Waals surface area (Å²) in [5.74, 6) is 0. The molecule has 0 bridgehead atoms. The van der Waals surface area contributed by atoms with Crippen molar-refractivity contribution in [3.63, 3.8) is 0 Å². The molecule has 0 N–H and O–H groups in total. The lowest BCUT2D eigenvalue weighted by molar-refractivity contribution is -0.901. The molecule has 3 heteroatoms. The molecule has 0 aliphatic rings. The number of nitrogens with zero attached hydrogens (tertiary/aromatic N) is 1. The van der Waals surface area contributed by atoms with E-state index in [9.17, 15) is 0 Å². The summed E-state index contributed by atoms with van der Waals surface area (Å²) in [6.45, 7) is 4.26. The zero-order valence-electron chi connectivity index (χ0n) is 8.85. The maximum Gasteiger partial charge on any atom is 0.104 e. The van der Waals surface area contributed by atoms with Crippen LogP contribution in [0.1, 0.15) is 12.5 Å². The third-order valence-electron chi connectivity index (χ3n) is 2.45. The fourth-order valence-corrected chi connectivity index (χ4v) is 1.56. The Morgan fingerprint density at radius 2 is 1.79 bits per heavy atom. The second-order valence-electron chi connectivity index (χ2n) is 4.16. The molecule has 1 nitrogen and oxygen atoms in total. The van der Waals surface area contributed by atoms with Gasteiger partial charge >= 0.3 is 0 Å². The van der Waals surface area contributed by atoms with Gasteiger partial charge in [0.05, 0.1) is 30.7 Å². The van der Waals surface area contributed by atoms with E-state index in [1.807, 2.05) is 18.2 Å². The average Bonchev–Trinajstić information content (AvgIpc) is 2.11. The molecule has 0 atom stereocenters. The molecule has 0 aromatic heterocycles. The van der Waals surface area contributed by atoms with Crippen LogP contribution in [0.3, 0.4) is 0 Å². The number of rotatable bonds is 3. The summed E-state index contributed by atoms with van der Waals surface area (Å²) < 4.78 is 0.956. The van der Waals surface area contributed by atoms with Crippen molar-refractivity contribution in [1.82, 2.24) is 0 Å². The monoisotopic (exact) mass is 232 g/mol. The minimum atomic E-state index is 0.622. The van der Waals surface area contributed by atoms with E-state index in [2.05, 4.69) is 21.0 Å². The maximum atomic E-state index is 5.95. The first-order chi connectivity index (χ1) is 6.44. The summed E-state index contributed by atoms with van der Waals surface area (Å²) in [5, 5.41) is 1.26. The summed E-state index contributed by atoms with van der Waals surface area (Å²) in [7, 11) is 4.39. The summed E-state index contributed by atoms with van der Waals surface area (Å²) in [4.78, 5) is 0. The number of halogens is 2. The molecule has 0 aliphatic heterocycles. The first-order valence-corrected chi connectivity index (χ1v) is 5.46. The van der Waals surface area contributed by atoms with Gasteiger partial charge in [0.2, 0.25) is 0 Å². The highest BCUT2D eigenvalue weighted by atomic mass is 35.5. The van der Waals surface area contributed by atoms with Gasteiger partial charge < -0.3 is 4.48 Å². The van der Waals surface area contributed by atoms with Crippen LogP contribution in [0.25, 0.3) is 0 Å². The fourth-order valence-electron chi connectivity index (χ4n) is 1.24. The average molecular weight is 233 g/mol. The Bertz CT molecular complexity index is 321. The van der Waals surface area contributed by atoms with Gasteiger partial charge in [0.25, 0.3) is 0 Å². The normalized spacial score (nSPS) is 11.8. The van der Waals surface area contributed by atoms with Crippen LogP contribution in [0.2, 0.25) is 10.0 Å². The van der Waals surface area contributed by atoms with Gasteiger partial charge in [-0.2, -0.15) is 0 Å². The zero-order valence-corrected chi connectivity index (χ0v) is 10.4. The minimum Gasteiger partial charge on any atom is -0.325 e. The van der Waals surface area contributed by atoms with Crippen molar-refractivity contribution < 1.29 is 4.48 Å². The van der Waals surface area contributed by atoms with Gasteiger partial charge in [-0.25, -0.2) is 0 Å². The van der Waals surface area contributed by atoms with E-state index in [1.165, 1.54) is 5.56 Å². The largest absolute Gasteiger partial charge is 0.325 e. The van der Waals surface area contributed by atoms with E-state index in [0.29, 0.717) is 10.0 Å². The smallest absolute Gasteiger partial charge is 0.104 e. The van der Waals surface area contributed by atoms with Gasteiger partial charge in [0.1, 0.15) is 6.54 Å². The molecule has 0 saturated carbocycles. The van der Waals surface area contributed by atoms with Crippen LogP contribution in [0.5, 0.6) is 0 Å². The molecule has 78 valence electrons. The van der Waals surface area contributed by atoms with Crippen molar-refractivity contribution in [2.45, 2.75) is 13.5 Å². The van der Waals surface area contributed by atoms with E-state index in [1.54, 1.807) is 0 Å². The Morgan fingerprint density at radius 3 is 2.29 bits per heavy atom. The second kappa shape index (κ2) is 4.52. The van der Waals surface area contributed by atoms with Crippen LogP contribution in [-0.2, 0) is 6.54 Å². The van der Waals surface area contributed by atoms with Crippen molar-refractivity contribution in [1.29, 1.82) is 0 Å². The minimum absolute atomic E-state index is 0.622. The first kappa shape index (κ1) is 11.8. The van der Waals surface area contributed by atoms with Gasteiger partial charge in [0.15, 0.2) is 0 Å².